The number of hydrogen-bond acceptors (Lipinski definition) is 5. The van der Waals surface area contributed by atoms with E-state index in [1.807, 2.05) is 40.6 Å². The average molecular weight is 388 g/mol. The topological polar surface area (TPSA) is 70.7 Å². The van der Waals surface area contributed by atoms with Crippen molar-refractivity contribution in [3.63, 3.8) is 0 Å². The zero-order valence-corrected chi connectivity index (χ0v) is 16.3. The number of likely N-dealkylation sites (tertiary alicyclic amines) is 1. The van der Waals surface area contributed by atoms with E-state index >= 15 is 0 Å². The van der Waals surface area contributed by atoms with Gasteiger partial charge in [0.25, 0.3) is 0 Å². The van der Waals surface area contributed by atoms with Crippen molar-refractivity contribution >= 4 is 28.8 Å². The molecule has 2 heterocycles. The van der Waals surface area contributed by atoms with E-state index < -0.39 is 0 Å². The molecule has 2 aromatic rings. The molecule has 2 N–H and O–H groups in total. The van der Waals surface area contributed by atoms with Crippen LogP contribution in [-0.4, -0.2) is 49.5 Å². The number of hydrogen-bond donors (Lipinski definition) is 2. The van der Waals surface area contributed by atoms with Crippen LogP contribution in [0, 0.1) is 0 Å². The van der Waals surface area contributed by atoms with E-state index in [1.165, 1.54) is 4.88 Å². The highest BCUT2D eigenvalue weighted by Crippen LogP contribution is 2.20. The fraction of sp³-hybridized carbons (Fsp3) is 0.400. The van der Waals surface area contributed by atoms with E-state index in [0.717, 1.165) is 37.2 Å². The van der Waals surface area contributed by atoms with Gasteiger partial charge in [-0.1, -0.05) is 6.07 Å². The zero-order chi connectivity index (χ0) is 19.1. The third kappa shape index (κ3) is 5.55. The van der Waals surface area contributed by atoms with Crippen LogP contribution >= 0.6 is 11.3 Å². The van der Waals surface area contributed by atoms with Crippen LogP contribution < -0.4 is 15.4 Å². The third-order valence-electron chi connectivity index (χ3n) is 4.64. The number of ether oxygens (including phenoxy) is 1. The lowest BCUT2D eigenvalue weighted by atomic mass is 10.2. The predicted octanol–water partition coefficient (Wildman–Crippen LogP) is 2.52. The van der Waals surface area contributed by atoms with Gasteiger partial charge in [0.2, 0.25) is 11.8 Å². The van der Waals surface area contributed by atoms with E-state index in [9.17, 15) is 9.59 Å². The minimum absolute atomic E-state index is 0.0318. The average Bonchev–Trinajstić information content (AvgIpc) is 3.34. The van der Waals surface area contributed by atoms with Gasteiger partial charge in [-0.05, 0) is 61.5 Å². The van der Waals surface area contributed by atoms with E-state index in [1.54, 1.807) is 18.4 Å². The number of carbonyl (C=O) groups is 2. The summed E-state index contributed by atoms with van der Waals surface area (Å²) in [7, 11) is 1.61. The van der Waals surface area contributed by atoms with Crippen LogP contribution in [-0.2, 0) is 16.0 Å². The molecule has 1 aliphatic heterocycles. The van der Waals surface area contributed by atoms with Gasteiger partial charge in [0.15, 0.2) is 0 Å². The van der Waals surface area contributed by atoms with Crippen LogP contribution in [0.3, 0.4) is 0 Å². The SMILES string of the molecule is COc1ccc(NC(=O)C2CCCN2CC(=O)NCCc2cccs2)cc1. The van der Waals surface area contributed by atoms with Gasteiger partial charge in [-0.25, -0.2) is 0 Å². The molecule has 1 aromatic heterocycles. The first-order chi connectivity index (χ1) is 13.2. The summed E-state index contributed by atoms with van der Waals surface area (Å²) in [6.07, 6.45) is 2.53. The number of anilines is 1. The summed E-state index contributed by atoms with van der Waals surface area (Å²) < 4.78 is 5.13. The molecule has 0 bridgehead atoms. The van der Waals surface area contributed by atoms with E-state index in [4.69, 9.17) is 4.74 Å². The summed E-state index contributed by atoms with van der Waals surface area (Å²) in [5, 5.41) is 7.92. The number of nitrogens with one attached hydrogen (secondary N) is 2. The van der Waals surface area contributed by atoms with Crippen LogP contribution in [0.5, 0.6) is 5.75 Å². The van der Waals surface area contributed by atoms with Crippen molar-refractivity contribution in [2.45, 2.75) is 25.3 Å². The summed E-state index contributed by atoms with van der Waals surface area (Å²) in [5.74, 6) is 0.648. The van der Waals surface area contributed by atoms with Crippen LogP contribution in [0.4, 0.5) is 5.69 Å². The molecule has 0 spiro atoms. The highest BCUT2D eigenvalue weighted by atomic mass is 32.1. The second-order valence-electron chi connectivity index (χ2n) is 6.53. The quantitative estimate of drug-likeness (QED) is 0.730. The van der Waals surface area contributed by atoms with E-state index in [2.05, 4.69) is 16.7 Å². The Balaban J connectivity index is 1.46. The van der Waals surface area contributed by atoms with Gasteiger partial charge in [-0.3, -0.25) is 14.5 Å². The van der Waals surface area contributed by atoms with Gasteiger partial charge in [-0.15, -0.1) is 11.3 Å². The van der Waals surface area contributed by atoms with Gasteiger partial charge >= 0.3 is 0 Å². The maximum atomic E-state index is 12.6. The Morgan fingerprint density at radius 3 is 2.78 bits per heavy atom. The highest BCUT2D eigenvalue weighted by Gasteiger charge is 2.31. The summed E-state index contributed by atoms with van der Waals surface area (Å²) in [6.45, 7) is 1.64. The first-order valence-corrected chi connectivity index (χ1v) is 10.0. The number of methoxy groups -OCH3 is 1. The maximum absolute atomic E-state index is 12.6. The minimum atomic E-state index is -0.268. The van der Waals surface area contributed by atoms with Crippen LogP contribution in [0.15, 0.2) is 41.8 Å². The lowest BCUT2D eigenvalue weighted by Gasteiger charge is -2.23. The summed E-state index contributed by atoms with van der Waals surface area (Å²) >= 11 is 1.69. The molecule has 6 nitrogen and oxygen atoms in total. The summed E-state index contributed by atoms with van der Waals surface area (Å²) in [4.78, 5) is 28.1. The normalized spacial score (nSPS) is 16.9. The smallest absolute Gasteiger partial charge is 0.241 e. The number of amides is 2. The summed E-state index contributed by atoms with van der Waals surface area (Å²) in [6, 6.07) is 11.1. The predicted molar refractivity (Wildman–Crippen MR) is 107 cm³/mol. The molecule has 7 heteroatoms. The van der Waals surface area contributed by atoms with Crippen LogP contribution in [0.2, 0.25) is 0 Å². The highest BCUT2D eigenvalue weighted by molar-refractivity contribution is 7.09. The third-order valence-corrected chi connectivity index (χ3v) is 5.58. The molecule has 1 aliphatic rings. The number of rotatable bonds is 8. The molecule has 1 saturated heterocycles. The van der Waals surface area contributed by atoms with Gasteiger partial charge in [0.05, 0.1) is 19.7 Å². The van der Waals surface area contributed by atoms with Gasteiger partial charge in [-0.2, -0.15) is 0 Å². The van der Waals surface area contributed by atoms with Crippen molar-refractivity contribution in [1.29, 1.82) is 0 Å². The molecule has 0 aliphatic carbocycles. The first-order valence-electron chi connectivity index (χ1n) is 9.14. The van der Waals surface area contributed by atoms with Crippen molar-refractivity contribution in [2.75, 3.05) is 32.1 Å². The number of carbonyl (C=O) groups excluding carboxylic acids is 2. The van der Waals surface area contributed by atoms with Crippen molar-refractivity contribution in [3.05, 3.63) is 46.7 Å². The Kier molecular flexibility index (Phi) is 6.84. The molecule has 0 saturated carbocycles. The molecule has 1 aromatic carbocycles. The molecule has 144 valence electrons. The van der Waals surface area contributed by atoms with Crippen molar-refractivity contribution in [1.82, 2.24) is 10.2 Å². The molecule has 1 atom stereocenters. The Morgan fingerprint density at radius 1 is 1.26 bits per heavy atom. The van der Waals surface area contributed by atoms with Crippen LogP contribution in [0.1, 0.15) is 17.7 Å². The Bertz CT molecular complexity index is 746. The van der Waals surface area contributed by atoms with Gasteiger partial charge in [0, 0.05) is 17.1 Å². The van der Waals surface area contributed by atoms with Crippen molar-refractivity contribution in [3.8, 4) is 5.75 Å². The lowest BCUT2D eigenvalue weighted by Crippen LogP contribution is -2.45. The summed E-state index contributed by atoms with van der Waals surface area (Å²) in [5.41, 5.74) is 0.730. The fourth-order valence-electron chi connectivity index (χ4n) is 3.23. The van der Waals surface area contributed by atoms with Crippen LogP contribution in [0.25, 0.3) is 0 Å². The second-order valence-corrected chi connectivity index (χ2v) is 7.56. The second kappa shape index (κ2) is 9.53. The van der Waals surface area contributed by atoms with Crippen molar-refractivity contribution < 1.29 is 14.3 Å². The number of benzene rings is 1. The van der Waals surface area contributed by atoms with E-state index in [0.29, 0.717) is 6.54 Å². The Labute approximate surface area is 163 Å². The maximum Gasteiger partial charge on any atom is 0.241 e. The number of thiophene rings is 1. The largest absolute Gasteiger partial charge is 0.497 e. The fourth-order valence-corrected chi connectivity index (χ4v) is 3.94. The molecule has 3 rings (SSSR count). The molecular formula is C20H25N3O3S. The molecule has 1 unspecified atom stereocenters. The van der Waals surface area contributed by atoms with Gasteiger partial charge in [0.1, 0.15) is 5.75 Å². The number of nitrogens with zero attached hydrogens (tertiary/aromatic N) is 1. The molecular weight excluding hydrogens is 362 g/mol. The molecule has 2 amide bonds. The molecule has 1 fully saturated rings. The minimum Gasteiger partial charge on any atom is -0.497 e. The zero-order valence-electron chi connectivity index (χ0n) is 15.4. The Hall–Kier alpha value is -2.38. The standard InChI is InChI=1S/C20H25N3O3S/c1-26-16-8-6-15(7-9-16)22-20(25)18-5-2-12-23(18)14-19(24)21-11-10-17-4-3-13-27-17/h3-4,6-9,13,18H,2,5,10-12,14H2,1H3,(H,21,24)(H,22,25). The molecule has 0 radical (unpaired) electrons. The molecule has 27 heavy (non-hydrogen) atoms. The lowest BCUT2D eigenvalue weighted by molar-refractivity contribution is -0.124. The monoisotopic (exact) mass is 387 g/mol. The Morgan fingerprint density at radius 2 is 2.07 bits per heavy atom. The van der Waals surface area contributed by atoms with Crippen molar-refractivity contribution in [2.24, 2.45) is 0 Å². The first kappa shape index (κ1) is 19.4. The van der Waals surface area contributed by atoms with Gasteiger partial charge < -0.3 is 15.4 Å². The van der Waals surface area contributed by atoms with E-state index in [-0.39, 0.29) is 24.4 Å².